The van der Waals surface area contributed by atoms with Crippen LogP contribution in [0.4, 0.5) is 0 Å². The minimum Gasteiger partial charge on any atom is -0.327 e. The molecule has 3 heteroatoms. The number of nitrogens with zero attached hydrogens (tertiary/aromatic N) is 2. The van der Waals surface area contributed by atoms with E-state index in [2.05, 4.69) is 6.07 Å². The second-order valence-electron chi connectivity index (χ2n) is 3.21. The van der Waals surface area contributed by atoms with Crippen LogP contribution < -0.4 is 0 Å². The molecule has 0 bridgehead atoms. The van der Waals surface area contributed by atoms with Gasteiger partial charge in [-0.1, -0.05) is 12.8 Å². The van der Waals surface area contributed by atoms with Gasteiger partial charge in [-0.15, -0.1) is 0 Å². The predicted molar refractivity (Wildman–Crippen MR) is 45.3 cm³/mol. The fraction of sp³-hybridized carbons (Fsp3) is 0.778. The van der Waals surface area contributed by atoms with Crippen LogP contribution in [0.25, 0.3) is 0 Å². The summed E-state index contributed by atoms with van der Waals surface area (Å²) in [5.41, 5.74) is 0. The van der Waals surface area contributed by atoms with Crippen LogP contribution in [0.2, 0.25) is 0 Å². The average molecular weight is 166 g/mol. The van der Waals surface area contributed by atoms with Gasteiger partial charge in [-0.05, 0) is 12.8 Å². The summed E-state index contributed by atoms with van der Waals surface area (Å²) < 4.78 is 0. The summed E-state index contributed by atoms with van der Waals surface area (Å²) in [6, 6.07) is 2.00. The standard InChI is InChI=1S/C9H14N2O/c1-8(12)11-6-4-2-3-5-9(11)7-10/h9H,2-6H2,1H3/t9-/m1/s1. The molecule has 0 aromatic carbocycles. The van der Waals surface area contributed by atoms with E-state index in [0.29, 0.717) is 0 Å². The number of hydrogen-bond donors (Lipinski definition) is 0. The fourth-order valence-electron chi connectivity index (χ4n) is 1.62. The first-order chi connectivity index (χ1) is 5.75. The SMILES string of the molecule is CC(=O)N1CCCCC[C@@H]1C#N. The maximum absolute atomic E-state index is 11.1. The Morgan fingerprint density at radius 3 is 2.83 bits per heavy atom. The third-order valence-electron chi connectivity index (χ3n) is 2.31. The van der Waals surface area contributed by atoms with Gasteiger partial charge in [0, 0.05) is 13.5 Å². The topological polar surface area (TPSA) is 44.1 Å². The first kappa shape index (κ1) is 9.05. The first-order valence-corrected chi connectivity index (χ1v) is 4.42. The Balaban J connectivity index is 2.65. The molecule has 0 unspecified atom stereocenters. The van der Waals surface area contributed by atoms with Crippen LogP contribution in [0.15, 0.2) is 0 Å². The Hall–Kier alpha value is -1.04. The molecule has 1 amide bonds. The fourth-order valence-corrected chi connectivity index (χ4v) is 1.62. The van der Waals surface area contributed by atoms with Crippen molar-refractivity contribution in [1.82, 2.24) is 4.90 Å². The molecule has 0 aliphatic carbocycles. The molecule has 1 aliphatic rings. The molecule has 66 valence electrons. The lowest BCUT2D eigenvalue weighted by atomic mass is 10.1. The van der Waals surface area contributed by atoms with Crippen molar-refractivity contribution in [2.45, 2.75) is 38.6 Å². The van der Waals surface area contributed by atoms with E-state index in [-0.39, 0.29) is 11.9 Å². The predicted octanol–water partition coefficient (Wildman–Crippen LogP) is 1.30. The van der Waals surface area contributed by atoms with E-state index in [1.165, 1.54) is 6.92 Å². The van der Waals surface area contributed by atoms with Gasteiger partial charge in [0.15, 0.2) is 0 Å². The lowest BCUT2D eigenvalue weighted by Gasteiger charge is -2.22. The van der Waals surface area contributed by atoms with Gasteiger partial charge in [0.25, 0.3) is 0 Å². The molecular formula is C9H14N2O. The van der Waals surface area contributed by atoms with Crippen molar-refractivity contribution >= 4 is 5.91 Å². The molecule has 1 fully saturated rings. The molecule has 3 nitrogen and oxygen atoms in total. The van der Waals surface area contributed by atoms with E-state index < -0.39 is 0 Å². The smallest absolute Gasteiger partial charge is 0.220 e. The Morgan fingerprint density at radius 1 is 1.50 bits per heavy atom. The van der Waals surface area contributed by atoms with Gasteiger partial charge in [0.05, 0.1) is 6.07 Å². The van der Waals surface area contributed by atoms with Crippen LogP contribution in [-0.4, -0.2) is 23.4 Å². The van der Waals surface area contributed by atoms with Crippen LogP contribution in [0, 0.1) is 11.3 Å². The molecule has 12 heavy (non-hydrogen) atoms. The average Bonchev–Trinajstić information content (AvgIpc) is 2.27. The molecule has 1 heterocycles. The summed E-state index contributed by atoms with van der Waals surface area (Å²) in [4.78, 5) is 12.8. The van der Waals surface area contributed by atoms with Crippen LogP contribution >= 0.6 is 0 Å². The van der Waals surface area contributed by atoms with E-state index in [9.17, 15) is 4.79 Å². The van der Waals surface area contributed by atoms with Crippen LogP contribution in [0.3, 0.4) is 0 Å². The van der Waals surface area contributed by atoms with E-state index in [1.54, 1.807) is 4.90 Å². The summed E-state index contributed by atoms with van der Waals surface area (Å²) >= 11 is 0. The largest absolute Gasteiger partial charge is 0.327 e. The van der Waals surface area contributed by atoms with Crippen LogP contribution in [0.1, 0.15) is 32.6 Å². The molecule has 0 saturated carbocycles. The maximum Gasteiger partial charge on any atom is 0.220 e. The zero-order chi connectivity index (χ0) is 8.97. The summed E-state index contributed by atoms with van der Waals surface area (Å²) in [6.45, 7) is 2.29. The van der Waals surface area contributed by atoms with Crippen molar-refractivity contribution in [3.63, 3.8) is 0 Å². The van der Waals surface area contributed by atoms with E-state index >= 15 is 0 Å². The Morgan fingerprint density at radius 2 is 2.25 bits per heavy atom. The zero-order valence-electron chi connectivity index (χ0n) is 7.42. The molecule has 1 atom stereocenters. The molecule has 0 N–H and O–H groups in total. The minimum absolute atomic E-state index is 0.0310. The highest BCUT2D eigenvalue weighted by molar-refractivity contribution is 5.74. The van der Waals surface area contributed by atoms with Crippen molar-refractivity contribution in [1.29, 1.82) is 5.26 Å². The molecular weight excluding hydrogens is 152 g/mol. The molecule has 1 saturated heterocycles. The molecule has 0 aromatic heterocycles. The number of carbonyl (C=O) groups excluding carboxylic acids is 1. The van der Waals surface area contributed by atoms with E-state index in [0.717, 1.165) is 32.2 Å². The van der Waals surface area contributed by atoms with Gasteiger partial charge in [-0.25, -0.2) is 0 Å². The van der Waals surface area contributed by atoms with Crippen LogP contribution in [0.5, 0.6) is 0 Å². The monoisotopic (exact) mass is 166 g/mol. The van der Waals surface area contributed by atoms with Crippen molar-refractivity contribution in [3.8, 4) is 6.07 Å². The number of likely N-dealkylation sites (tertiary alicyclic amines) is 1. The summed E-state index contributed by atoms with van der Waals surface area (Å²) in [5, 5.41) is 8.79. The first-order valence-electron chi connectivity index (χ1n) is 4.42. The summed E-state index contributed by atoms with van der Waals surface area (Å²) in [7, 11) is 0. The third kappa shape index (κ3) is 1.97. The highest BCUT2D eigenvalue weighted by atomic mass is 16.2. The number of amides is 1. The lowest BCUT2D eigenvalue weighted by Crippen LogP contribution is -2.37. The molecule has 0 spiro atoms. The summed E-state index contributed by atoms with van der Waals surface area (Å²) in [6.07, 6.45) is 4.10. The van der Waals surface area contributed by atoms with Crippen molar-refractivity contribution in [2.75, 3.05) is 6.54 Å². The number of hydrogen-bond acceptors (Lipinski definition) is 2. The van der Waals surface area contributed by atoms with Gasteiger partial charge in [-0.3, -0.25) is 4.79 Å². The Kier molecular flexibility index (Phi) is 3.09. The highest BCUT2D eigenvalue weighted by Crippen LogP contribution is 2.15. The molecule has 1 aliphatic heterocycles. The highest BCUT2D eigenvalue weighted by Gasteiger charge is 2.21. The Labute approximate surface area is 73.0 Å². The van der Waals surface area contributed by atoms with Crippen molar-refractivity contribution in [2.24, 2.45) is 0 Å². The van der Waals surface area contributed by atoms with E-state index in [1.807, 2.05) is 0 Å². The lowest BCUT2D eigenvalue weighted by molar-refractivity contribution is -0.130. The second-order valence-corrected chi connectivity index (χ2v) is 3.21. The zero-order valence-corrected chi connectivity index (χ0v) is 7.42. The van der Waals surface area contributed by atoms with Gasteiger partial charge >= 0.3 is 0 Å². The van der Waals surface area contributed by atoms with Crippen molar-refractivity contribution < 1.29 is 4.79 Å². The Bertz CT molecular complexity index is 207. The van der Waals surface area contributed by atoms with Gasteiger partial charge in [0.1, 0.15) is 6.04 Å². The van der Waals surface area contributed by atoms with Crippen LogP contribution in [-0.2, 0) is 4.79 Å². The normalized spacial score (nSPS) is 24.3. The quantitative estimate of drug-likeness (QED) is 0.544. The summed E-state index contributed by atoms with van der Waals surface area (Å²) in [5.74, 6) is 0.0310. The maximum atomic E-state index is 11.1. The molecule has 0 aromatic rings. The molecule has 0 radical (unpaired) electrons. The number of nitriles is 1. The number of rotatable bonds is 0. The molecule has 1 rings (SSSR count). The van der Waals surface area contributed by atoms with E-state index in [4.69, 9.17) is 5.26 Å². The third-order valence-corrected chi connectivity index (χ3v) is 2.31. The van der Waals surface area contributed by atoms with Gasteiger partial charge in [-0.2, -0.15) is 5.26 Å². The van der Waals surface area contributed by atoms with Crippen molar-refractivity contribution in [3.05, 3.63) is 0 Å². The second kappa shape index (κ2) is 4.10. The van der Waals surface area contributed by atoms with Gasteiger partial charge in [0.2, 0.25) is 5.91 Å². The number of carbonyl (C=O) groups is 1. The minimum atomic E-state index is -0.176. The van der Waals surface area contributed by atoms with Gasteiger partial charge < -0.3 is 4.90 Å².